The molecule has 0 nitrogen and oxygen atoms in total. The maximum Gasteiger partial charge on any atom is -0.00695 e. The van der Waals surface area contributed by atoms with Gasteiger partial charge < -0.3 is 0 Å². The molecule has 5 rings (SSSR count). The van der Waals surface area contributed by atoms with Gasteiger partial charge in [-0.05, 0) is 88.4 Å². The van der Waals surface area contributed by atoms with Gasteiger partial charge in [-0.3, -0.25) is 0 Å². The van der Waals surface area contributed by atoms with Crippen molar-refractivity contribution >= 4 is 21.5 Å². The molecule has 0 saturated heterocycles. The molecule has 0 fully saturated rings. The van der Waals surface area contributed by atoms with Gasteiger partial charge >= 0.3 is 0 Å². The maximum atomic E-state index is 2.57. The van der Waals surface area contributed by atoms with Gasteiger partial charge in [-0.2, -0.15) is 0 Å². The lowest BCUT2D eigenvalue weighted by Crippen LogP contribution is -2.36. The quantitative estimate of drug-likeness (QED) is 0.314. The summed E-state index contributed by atoms with van der Waals surface area (Å²) in [4.78, 5) is 0. The SMILES string of the molecule is CCCCC1(C)CC(C2CC=CCC2)Cc2c1ccc1c2ccc2ccccc21. The minimum Gasteiger partial charge on any atom is -0.0885 e. The molecule has 0 radical (unpaired) electrons. The van der Waals surface area contributed by atoms with Crippen LogP contribution in [0.25, 0.3) is 21.5 Å². The molecule has 0 heterocycles. The molecule has 0 aromatic heterocycles. The van der Waals surface area contributed by atoms with E-state index in [0.29, 0.717) is 5.41 Å². The summed E-state index contributed by atoms with van der Waals surface area (Å²) < 4.78 is 0. The van der Waals surface area contributed by atoms with Gasteiger partial charge in [-0.15, -0.1) is 0 Å². The summed E-state index contributed by atoms with van der Waals surface area (Å²) in [6, 6.07) is 18.6. The third kappa shape index (κ3) is 3.31. The highest BCUT2D eigenvalue weighted by atomic mass is 14.4. The van der Waals surface area contributed by atoms with Crippen LogP contribution in [-0.2, 0) is 11.8 Å². The van der Waals surface area contributed by atoms with Crippen LogP contribution >= 0.6 is 0 Å². The van der Waals surface area contributed by atoms with E-state index in [9.17, 15) is 0 Å². The van der Waals surface area contributed by atoms with Gasteiger partial charge in [-0.25, -0.2) is 0 Å². The molecule has 150 valence electrons. The second-order valence-corrected chi connectivity index (χ2v) is 9.85. The Hall–Kier alpha value is -2.08. The first-order chi connectivity index (χ1) is 14.2. The Morgan fingerprint density at radius 3 is 2.59 bits per heavy atom. The second kappa shape index (κ2) is 7.63. The van der Waals surface area contributed by atoms with Crippen LogP contribution in [0.4, 0.5) is 0 Å². The van der Waals surface area contributed by atoms with Crippen molar-refractivity contribution in [2.75, 3.05) is 0 Å². The van der Waals surface area contributed by atoms with Crippen LogP contribution in [0.15, 0.2) is 60.7 Å². The fourth-order valence-electron chi connectivity index (χ4n) is 6.34. The van der Waals surface area contributed by atoms with Gasteiger partial charge in [0, 0.05) is 0 Å². The molecule has 0 amide bonds. The van der Waals surface area contributed by atoms with E-state index in [1.807, 2.05) is 0 Å². The molecule has 0 bridgehead atoms. The van der Waals surface area contributed by atoms with E-state index in [1.54, 1.807) is 11.1 Å². The van der Waals surface area contributed by atoms with Gasteiger partial charge in [0.1, 0.15) is 0 Å². The van der Waals surface area contributed by atoms with Gasteiger partial charge in [0.15, 0.2) is 0 Å². The van der Waals surface area contributed by atoms with E-state index < -0.39 is 0 Å². The first-order valence-electron chi connectivity index (χ1n) is 11.8. The minimum absolute atomic E-state index is 0.329. The summed E-state index contributed by atoms with van der Waals surface area (Å²) in [6.45, 7) is 4.90. The maximum absolute atomic E-state index is 2.57. The fraction of sp³-hybridized carbons (Fsp3) is 0.448. The normalized spacial score (nSPS) is 26.7. The highest BCUT2D eigenvalue weighted by molar-refractivity contribution is 6.08. The summed E-state index contributed by atoms with van der Waals surface area (Å²) in [7, 11) is 0. The van der Waals surface area contributed by atoms with Crippen molar-refractivity contribution in [2.24, 2.45) is 11.8 Å². The summed E-state index contributed by atoms with van der Waals surface area (Å²) in [5.41, 5.74) is 3.64. The predicted octanol–water partition coefficient (Wildman–Crippen LogP) is 8.36. The number of allylic oxidation sites excluding steroid dienone is 2. The largest absolute Gasteiger partial charge is 0.0885 e. The number of fused-ring (bicyclic) bond motifs is 5. The zero-order valence-corrected chi connectivity index (χ0v) is 18.1. The van der Waals surface area contributed by atoms with Crippen molar-refractivity contribution in [3.63, 3.8) is 0 Å². The molecule has 3 unspecified atom stereocenters. The van der Waals surface area contributed by atoms with E-state index in [0.717, 1.165) is 11.8 Å². The topological polar surface area (TPSA) is 0 Å². The van der Waals surface area contributed by atoms with E-state index in [4.69, 9.17) is 0 Å². The van der Waals surface area contributed by atoms with Crippen LogP contribution in [0.5, 0.6) is 0 Å². The van der Waals surface area contributed by atoms with Gasteiger partial charge in [-0.1, -0.05) is 87.4 Å². The van der Waals surface area contributed by atoms with Crippen LogP contribution < -0.4 is 0 Å². The van der Waals surface area contributed by atoms with Crippen LogP contribution in [0, 0.1) is 11.8 Å². The standard InChI is InChI=1S/C29H34/c1-3-4-18-29(2)20-23(21-10-6-5-7-11-21)19-27-26-15-14-22-12-8-9-13-24(22)25(26)16-17-28(27)29/h5-6,8-9,12-17,21,23H,3-4,7,10-11,18-20H2,1-2H3. The lowest BCUT2D eigenvalue weighted by Gasteiger charge is -2.44. The van der Waals surface area contributed by atoms with Crippen molar-refractivity contribution < 1.29 is 0 Å². The molecule has 0 N–H and O–H groups in total. The summed E-state index contributed by atoms with van der Waals surface area (Å²) >= 11 is 0. The van der Waals surface area contributed by atoms with Crippen LogP contribution in [0.3, 0.4) is 0 Å². The summed E-state index contributed by atoms with van der Waals surface area (Å²) in [5.74, 6) is 1.69. The molecule has 2 aliphatic rings. The van der Waals surface area contributed by atoms with Crippen molar-refractivity contribution in [3.8, 4) is 0 Å². The smallest absolute Gasteiger partial charge is 0.00695 e. The van der Waals surface area contributed by atoms with Crippen molar-refractivity contribution in [1.29, 1.82) is 0 Å². The van der Waals surface area contributed by atoms with E-state index in [2.05, 4.69) is 74.5 Å². The van der Waals surface area contributed by atoms with E-state index in [-0.39, 0.29) is 0 Å². The van der Waals surface area contributed by atoms with Crippen molar-refractivity contribution in [1.82, 2.24) is 0 Å². The molecule has 29 heavy (non-hydrogen) atoms. The van der Waals surface area contributed by atoms with Crippen molar-refractivity contribution in [2.45, 2.75) is 70.6 Å². The molecule has 3 aromatic carbocycles. The highest BCUT2D eigenvalue weighted by Crippen LogP contribution is 2.49. The Kier molecular flexibility index (Phi) is 4.98. The number of hydrogen-bond acceptors (Lipinski definition) is 0. The van der Waals surface area contributed by atoms with Crippen molar-refractivity contribution in [3.05, 3.63) is 71.8 Å². The summed E-state index contributed by atoms with van der Waals surface area (Å²) in [5, 5.41) is 5.73. The minimum atomic E-state index is 0.329. The average molecular weight is 383 g/mol. The third-order valence-electron chi connectivity index (χ3n) is 7.93. The second-order valence-electron chi connectivity index (χ2n) is 9.85. The van der Waals surface area contributed by atoms with E-state index in [1.165, 1.54) is 72.9 Å². The lowest BCUT2D eigenvalue weighted by molar-refractivity contribution is 0.205. The lowest BCUT2D eigenvalue weighted by atomic mass is 9.60. The molecule has 0 saturated carbocycles. The number of rotatable bonds is 4. The summed E-state index contributed by atoms with van der Waals surface area (Å²) in [6.07, 6.45) is 15.4. The molecule has 0 spiro atoms. The third-order valence-corrected chi connectivity index (χ3v) is 7.93. The van der Waals surface area contributed by atoms with Gasteiger partial charge in [0.2, 0.25) is 0 Å². The van der Waals surface area contributed by atoms with Crippen LogP contribution in [0.2, 0.25) is 0 Å². The molecule has 0 aliphatic heterocycles. The van der Waals surface area contributed by atoms with Gasteiger partial charge in [0.05, 0.1) is 0 Å². The molecule has 3 aromatic rings. The zero-order valence-electron chi connectivity index (χ0n) is 18.1. The first-order valence-corrected chi connectivity index (χ1v) is 11.8. The Labute approximate surface area is 176 Å². The molecular weight excluding hydrogens is 348 g/mol. The Morgan fingerprint density at radius 2 is 1.76 bits per heavy atom. The zero-order chi connectivity index (χ0) is 19.8. The highest BCUT2D eigenvalue weighted by Gasteiger charge is 2.39. The molecular formula is C29H34. The number of hydrogen-bond donors (Lipinski definition) is 0. The Balaban J connectivity index is 1.67. The van der Waals surface area contributed by atoms with Crippen LogP contribution in [0.1, 0.15) is 69.9 Å². The molecule has 2 aliphatic carbocycles. The van der Waals surface area contributed by atoms with Gasteiger partial charge in [0.25, 0.3) is 0 Å². The Bertz CT molecular complexity index is 1060. The predicted molar refractivity (Wildman–Crippen MR) is 127 cm³/mol. The average Bonchev–Trinajstić information content (AvgIpc) is 2.78. The molecule has 0 heteroatoms. The number of unbranched alkanes of at least 4 members (excludes halogenated alkanes) is 1. The fourth-order valence-corrected chi connectivity index (χ4v) is 6.34. The monoisotopic (exact) mass is 382 g/mol. The molecule has 3 atom stereocenters. The van der Waals surface area contributed by atoms with Crippen LogP contribution in [-0.4, -0.2) is 0 Å². The number of benzene rings is 3. The van der Waals surface area contributed by atoms with E-state index >= 15 is 0 Å². The Morgan fingerprint density at radius 1 is 0.897 bits per heavy atom. The first kappa shape index (κ1) is 18.9.